The van der Waals surface area contributed by atoms with E-state index in [0.29, 0.717) is 44.1 Å². The molecule has 2 saturated heterocycles. The summed E-state index contributed by atoms with van der Waals surface area (Å²) in [5.41, 5.74) is 0.890. The predicted octanol–water partition coefficient (Wildman–Crippen LogP) is 2.87. The van der Waals surface area contributed by atoms with Crippen molar-refractivity contribution < 1.29 is 32.6 Å². The molecule has 1 atom stereocenters. The molecule has 0 radical (unpaired) electrons. The topological polar surface area (TPSA) is 117 Å². The number of nitrogens with zero attached hydrogens (tertiary/aromatic N) is 3. The van der Waals surface area contributed by atoms with Crippen LogP contribution in [-0.2, 0) is 24.3 Å². The summed E-state index contributed by atoms with van der Waals surface area (Å²) >= 11 is 0. The summed E-state index contributed by atoms with van der Waals surface area (Å²) in [6.07, 6.45) is 1.51. The van der Waals surface area contributed by atoms with Gasteiger partial charge in [-0.15, -0.1) is 0 Å². The van der Waals surface area contributed by atoms with Gasteiger partial charge in [0.25, 0.3) is 11.7 Å². The molecule has 0 saturated carbocycles. The maximum Gasteiger partial charge on any atom is 0.295 e. The van der Waals surface area contributed by atoms with Crippen molar-refractivity contribution in [3.8, 4) is 5.75 Å². The number of aliphatic hydroxyl groups is 1. The van der Waals surface area contributed by atoms with Crippen molar-refractivity contribution in [1.82, 2.24) is 14.1 Å². The van der Waals surface area contributed by atoms with E-state index in [0.717, 1.165) is 30.4 Å². The fraction of sp³-hybridized carbons (Fsp3) is 0.448. The number of likely N-dealkylation sites (tertiary alicyclic amines) is 1. The number of ether oxygens (including phenoxy) is 2. The first-order chi connectivity index (χ1) is 19.1. The number of Topliss-reactive ketones (excluding diaryl/α,β-unsaturated/α-hetero) is 1. The minimum absolute atomic E-state index is 0.0261. The van der Waals surface area contributed by atoms with Crippen LogP contribution in [0.5, 0.6) is 5.75 Å². The second kappa shape index (κ2) is 12.9. The van der Waals surface area contributed by atoms with Gasteiger partial charge in [0.15, 0.2) is 0 Å². The van der Waals surface area contributed by atoms with E-state index in [1.807, 2.05) is 6.92 Å². The Hall–Kier alpha value is -3.25. The first-order valence-electron chi connectivity index (χ1n) is 13.5. The van der Waals surface area contributed by atoms with Gasteiger partial charge in [0.05, 0.1) is 36.3 Å². The zero-order chi connectivity index (χ0) is 28.9. The van der Waals surface area contributed by atoms with Gasteiger partial charge in [0.2, 0.25) is 10.0 Å². The maximum atomic E-state index is 13.3. The van der Waals surface area contributed by atoms with E-state index in [-0.39, 0.29) is 21.8 Å². The molecule has 11 heteroatoms. The normalized spacial score (nSPS) is 19.9. The number of hydrogen-bond acceptors (Lipinski definition) is 8. The Morgan fingerprint density at radius 2 is 1.68 bits per heavy atom. The maximum absolute atomic E-state index is 13.3. The third kappa shape index (κ3) is 6.38. The minimum atomic E-state index is -3.67. The number of carbonyl (C=O) groups is 2. The third-order valence-corrected chi connectivity index (χ3v) is 8.92. The van der Waals surface area contributed by atoms with Crippen LogP contribution >= 0.6 is 0 Å². The predicted molar refractivity (Wildman–Crippen MR) is 150 cm³/mol. The Labute approximate surface area is 235 Å². The van der Waals surface area contributed by atoms with Crippen LogP contribution in [0.25, 0.3) is 5.76 Å². The Balaban J connectivity index is 1.68. The SMILES string of the molecule is CCCOc1ccc(C2/C(=C(/O)c3ccc(S(=O)(=O)N(C)C)cc3)C(=O)C(=O)N2CCCN2CCOCC2)cc1. The van der Waals surface area contributed by atoms with Gasteiger partial charge in [-0.2, -0.15) is 0 Å². The lowest BCUT2D eigenvalue weighted by Crippen LogP contribution is -2.38. The van der Waals surface area contributed by atoms with Crippen molar-refractivity contribution in [3.05, 3.63) is 65.2 Å². The zero-order valence-electron chi connectivity index (χ0n) is 23.2. The molecule has 40 heavy (non-hydrogen) atoms. The van der Waals surface area contributed by atoms with Crippen LogP contribution in [0.4, 0.5) is 0 Å². The lowest BCUT2D eigenvalue weighted by Gasteiger charge is -2.29. The standard InChI is InChI=1S/C29H37N3O7S/c1-4-18-39-23-10-6-21(7-11-23)26-25(27(33)22-8-12-24(13-9-22)40(36,37)30(2)3)28(34)29(35)32(26)15-5-14-31-16-19-38-20-17-31/h6-13,26,33H,4-5,14-20H2,1-3H3/b27-25-. The second-order valence-electron chi connectivity index (χ2n) is 10.0. The van der Waals surface area contributed by atoms with E-state index >= 15 is 0 Å². The third-order valence-electron chi connectivity index (χ3n) is 7.09. The first kappa shape index (κ1) is 29.7. The van der Waals surface area contributed by atoms with Crippen LogP contribution in [0.3, 0.4) is 0 Å². The quantitative estimate of drug-likeness (QED) is 0.249. The van der Waals surface area contributed by atoms with E-state index in [4.69, 9.17) is 9.47 Å². The summed E-state index contributed by atoms with van der Waals surface area (Å²) in [5.74, 6) is -1.12. The summed E-state index contributed by atoms with van der Waals surface area (Å²) in [4.78, 5) is 30.4. The van der Waals surface area contributed by atoms with E-state index < -0.39 is 27.8 Å². The molecule has 2 aliphatic rings. The fourth-order valence-electron chi connectivity index (χ4n) is 4.86. The van der Waals surface area contributed by atoms with Gasteiger partial charge in [0, 0.05) is 45.8 Å². The Morgan fingerprint density at radius 1 is 1.02 bits per heavy atom. The summed E-state index contributed by atoms with van der Waals surface area (Å²) in [6, 6.07) is 12.0. The second-order valence-corrected chi connectivity index (χ2v) is 12.2. The number of ketones is 1. The van der Waals surface area contributed by atoms with E-state index in [1.165, 1.54) is 43.3 Å². The van der Waals surface area contributed by atoms with Crippen molar-refractivity contribution in [2.45, 2.75) is 30.7 Å². The molecule has 2 aromatic rings. The van der Waals surface area contributed by atoms with Gasteiger partial charge in [-0.1, -0.05) is 19.1 Å². The summed E-state index contributed by atoms with van der Waals surface area (Å²) in [5, 5.41) is 11.3. The molecule has 2 aliphatic heterocycles. The first-order valence-corrected chi connectivity index (χ1v) is 14.9. The summed E-state index contributed by atoms with van der Waals surface area (Å²) < 4.78 is 37.2. The van der Waals surface area contributed by atoms with Crippen LogP contribution in [-0.4, -0.2) is 99.4 Å². The highest BCUT2D eigenvalue weighted by molar-refractivity contribution is 7.89. The molecule has 2 aromatic carbocycles. The fourth-order valence-corrected chi connectivity index (χ4v) is 5.77. The highest BCUT2D eigenvalue weighted by Gasteiger charge is 2.45. The molecule has 10 nitrogen and oxygen atoms in total. The zero-order valence-corrected chi connectivity index (χ0v) is 24.0. The largest absolute Gasteiger partial charge is 0.507 e. The molecule has 0 aromatic heterocycles. The van der Waals surface area contributed by atoms with Crippen LogP contribution in [0, 0.1) is 0 Å². The summed E-state index contributed by atoms with van der Waals surface area (Å²) in [7, 11) is -0.803. The van der Waals surface area contributed by atoms with Crippen LogP contribution in [0.1, 0.15) is 36.9 Å². The van der Waals surface area contributed by atoms with E-state index in [2.05, 4.69) is 4.90 Å². The molecule has 1 N–H and O–H groups in total. The number of carbonyl (C=O) groups excluding carboxylic acids is 2. The monoisotopic (exact) mass is 571 g/mol. The smallest absolute Gasteiger partial charge is 0.295 e. The van der Waals surface area contributed by atoms with Gasteiger partial charge >= 0.3 is 0 Å². The molecule has 216 valence electrons. The van der Waals surface area contributed by atoms with Crippen LogP contribution < -0.4 is 4.74 Å². The number of benzene rings is 2. The lowest BCUT2D eigenvalue weighted by atomic mass is 9.95. The number of morpholine rings is 1. The number of amides is 1. The molecule has 2 fully saturated rings. The average molecular weight is 572 g/mol. The van der Waals surface area contributed by atoms with Gasteiger partial charge < -0.3 is 19.5 Å². The van der Waals surface area contributed by atoms with Crippen molar-refractivity contribution in [2.24, 2.45) is 0 Å². The van der Waals surface area contributed by atoms with Crippen molar-refractivity contribution >= 4 is 27.5 Å². The molecule has 1 unspecified atom stereocenters. The highest BCUT2D eigenvalue weighted by Crippen LogP contribution is 2.40. The molecule has 2 heterocycles. The van der Waals surface area contributed by atoms with Crippen LogP contribution in [0.15, 0.2) is 59.0 Å². The number of hydrogen-bond donors (Lipinski definition) is 1. The average Bonchev–Trinajstić information content (AvgIpc) is 3.21. The van der Waals surface area contributed by atoms with Gasteiger partial charge in [-0.3, -0.25) is 14.5 Å². The van der Waals surface area contributed by atoms with Gasteiger partial charge in [-0.25, -0.2) is 12.7 Å². The lowest BCUT2D eigenvalue weighted by molar-refractivity contribution is -0.140. The van der Waals surface area contributed by atoms with Gasteiger partial charge in [-0.05, 0) is 54.8 Å². The highest BCUT2D eigenvalue weighted by atomic mass is 32.2. The Morgan fingerprint density at radius 3 is 2.27 bits per heavy atom. The Kier molecular flexibility index (Phi) is 9.62. The van der Waals surface area contributed by atoms with E-state index in [9.17, 15) is 23.1 Å². The minimum Gasteiger partial charge on any atom is -0.507 e. The molecule has 4 rings (SSSR count). The molecular formula is C29H37N3O7S. The number of sulfonamides is 1. The number of rotatable bonds is 11. The number of aliphatic hydroxyl groups excluding tert-OH is 1. The molecule has 0 spiro atoms. The summed E-state index contributed by atoms with van der Waals surface area (Å²) in [6.45, 7) is 6.65. The molecule has 1 amide bonds. The van der Waals surface area contributed by atoms with Crippen molar-refractivity contribution in [2.75, 3.05) is 60.1 Å². The van der Waals surface area contributed by atoms with Crippen LogP contribution in [0.2, 0.25) is 0 Å². The molecule has 0 aliphatic carbocycles. The molecule has 0 bridgehead atoms. The Bertz CT molecular complexity index is 1330. The van der Waals surface area contributed by atoms with Crippen molar-refractivity contribution in [1.29, 1.82) is 0 Å². The van der Waals surface area contributed by atoms with Crippen molar-refractivity contribution in [3.63, 3.8) is 0 Å². The van der Waals surface area contributed by atoms with Gasteiger partial charge in [0.1, 0.15) is 11.5 Å². The van der Waals surface area contributed by atoms with E-state index in [1.54, 1.807) is 24.3 Å². The molecular weight excluding hydrogens is 534 g/mol.